The second-order valence-electron chi connectivity index (χ2n) is 14.0. The minimum absolute atomic E-state index is 0.748. The second-order valence-corrected chi connectivity index (χ2v) is 45.4. The van der Waals surface area contributed by atoms with Crippen LogP contribution in [0.4, 0.5) is 0 Å². The lowest BCUT2D eigenvalue weighted by molar-refractivity contribution is 0.337. The highest BCUT2D eigenvalue weighted by Gasteiger charge is 2.36. The van der Waals surface area contributed by atoms with Gasteiger partial charge in [-0.05, 0) is 58.0 Å². The zero-order valence-electron chi connectivity index (χ0n) is 26.4. The summed E-state index contributed by atoms with van der Waals surface area (Å²) in [4.78, 5) is 0. The third kappa shape index (κ3) is 18.6. The number of rotatable bonds is 15. The van der Waals surface area contributed by atoms with E-state index in [0.29, 0.717) is 0 Å². The predicted octanol–water partition coefficient (Wildman–Crippen LogP) is 9.00. The summed E-state index contributed by atoms with van der Waals surface area (Å²) in [6, 6.07) is 2.12. The molecule has 2 atom stereocenters. The Bertz CT molecular complexity index is 559. The van der Waals surface area contributed by atoms with Crippen LogP contribution in [0.1, 0.15) is 19.8 Å². The van der Waals surface area contributed by atoms with Gasteiger partial charge >= 0.3 is 0 Å². The monoisotopic (exact) mass is 636 g/mol. The maximum Gasteiger partial charge on any atom is 0.287 e. The van der Waals surface area contributed by atoms with E-state index in [9.17, 15) is 0 Å². The molecule has 0 aliphatic carbocycles. The summed E-state index contributed by atoms with van der Waals surface area (Å²) < 4.78 is 16.7. The highest BCUT2D eigenvalue weighted by molar-refractivity contribution is 7.16. The molecular formula is C23H62Cl2N2O2Si6. The molecule has 214 valence electrons. The van der Waals surface area contributed by atoms with Crippen LogP contribution in [-0.4, -0.2) is 83.5 Å². The molecular weight excluding hydrogens is 576 g/mol. The van der Waals surface area contributed by atoms with Gasteiger partial charge in [-0.2, -0.15) is 0 Å². The Morgan fingerprint density at radius 1 is 0.543 bits per heavy atom. The molecule has 0 aliphatic heterocycles. The van der Waals surface area contributed by atoms with Crippen molar-refractivity contribution in [3.8, 4) is 0 Å². The van der Waals surface area contributed by atoms with Crippen LogP contribution in [0.3, 0.4) is 0 Å². The lowest BCUT2D eigenvalue weighted by atomic mass is 10.5. The third-order valence-electron chi connectivity index (χ3n) is 6.12. The minimum atomic E-state index is -1.91. The summed E-state index contributed by atoms with van der Waals surface area (Å²) >= 11 is 12.8. The largest absolute Gasteiger partial charge is 0.407 e. The molecule has 0 aliphatic rings. The standard InChI is InChI=1S/C12H32ClNOSi3.C11H30ClNOSi3/c1-9-15-18(8,13)12-10-11-14(16(2,3)4)17(5,6)7;1-14-17(8,12)11-9-10-13(15(2,3)4)16(5,6)7/h9-12H2,1-8H3;9-11H2,1-8H3. The predicted molar refractivity (Wildman–Crippen MR) is 179 cm³/mol. The molecule has 0 fully saturated rings. The van der Waals surface area contributed by atoms with Crippen molar-refractivity contribution < 1.29 is 8.85 Å². The normalized spacial score (nSPS) is 17.1. The van der Waals surface area contributed by atoms with Crippen LogP contribution >= 0.6 is 22.2 Å². The van der Waals surface area contributed by atoms with Gasteiger partial charge in [-0.1, -0.05) is 78.6 Å². The number of hydrogen-bond acceptors (Lipinski definition) is 4. The molecule has 0 aromatic carbocycles. The summed E-state index contributed by atoms with van der Waals surface area (Å²) in [5.74, 6) is 0. The molecule has 0 aromatic heterocycles. The van der Waals surface area contributed by atoms with Gasteiger partial charge in [-0.15, -0.1) is 22.2 Å². The van der Waals surface area contributed by atoms with Gasteiger partial charge in [0.2, 0.25) is 0 Å². The van der Waals surface area contributed by atoms with E-state index in [2.05, 4.69) is 100 Å². The summed E-state index contributed by atoms with van der Waals surface area (Å²) in [6.45, 7) is 38.7. The van der Waals surface area contributed by atoms with E-state index in [-0.39, 0.29) is 0 Å². The molecule has 35 heavy (non-hydrogen) atoms. The van der Waals surface area contributed by atoms with Crippen LogP contribution in [0.2, 0.25) is 104 Å². The Kier molecular flexibility index (Phi) is 17.2. The fourth-order valence-electron chi connectivity index (χ4n) is 4.94. The summed E-state index contributed by atoms with van der Waals surface area (Å²) in [7, 11) is -6.88. The lowest BCUT2D eigenvalue weighted by Crippen LogP contribution is -2.59. The van der Waals surface area contributed by atoms with Crippen molar-refractivity contribution in [1.29, 1.82) is 0 Å². The zero-order valence-corrected chi connectivity index (χ0v) is 33.9. The van der Waals surface area contributed by atoms with Crippen molar-refractivity contribution in [1.82, 2.24) is 8.46 Å². The topological polar surface area (TPSA) is 24.9 Å². The first-order chi connectivity index (χ1) is 15.3. The van der Waals surface area contributed by atoms with Gasteiger partial charge in [0.05, 0.1) is 0 Å². The van der Waals surface area contributed by atoms with Gasteiger partial charge in [0.1, 0.15) is 32.9 Å². The molecule has 0 heterocycles. The van der Waals surface area contributed by atoms with Gasteiger partial charge in [0, 0.05) is 13.7 Å². The minimum Gasteiger partial charge on any atom is -0.407 e. The summed E-state index contributed by atoms with van der Waals surface area (Å²) in [5, 5.41) is 0. The van der Waals surface area contributed by atoms with Crippen molar-refractivity contribution in [2.24, 2.45) is 0 Å². The maximum atomic E-state index is 6.47. The fourth-order valence-corrected chi connectivity index (χ4v) is 28.0. The first-order valence-corrected chi connectivity index (χ1v) is 34.5. The van der Waals surface area contributed by atoms with E-state index in [0.717, 1.165) is 18.7 Å². The molecule has 12 heteroatoms. The van der Waals surface area contributed by atoms with Gasteiger partial charge in [0.25, 0.3) is 15.3 Å². The van der Waals surface area contributed by atoms with Crippen LogP contribution in [0.15, 0.2) is 0 Å². The third-order valence-corrected chi connectivity index (χ3v) is 27.7. The first kappa shape index (κ1) is 38.9. The molecule has 0 amide bonds. The number of nitrogens with zero attached hydrogens (tertiary/aromatic N) is 2. The van der Waals surface area contributed by atoms with E-state index in [1.165, 1.54) is 25.9 Å². The van der Waals surface area contributed by atoms with Crippen molar-refractivity contribution in [3.05, 3.63) is 0 Å². The highest BCUT2D eigenvalue weighted by atomic mass is 35.6. The van der Waals surface area contributed by atoms with Gasteiger partial charge in [0.15, 0.2) is 0 Å². The Labute approximate surface area is 236 Å². The van der Waals surface area contributed by atoms with Crippen LogP contribution in [0.5, 0.6) is 0 Å². The molecule has 0 spiro atoms. The van der Waals surface area contributed by atoms with E-state index < -0.39 is 48.2 Å². The number of halogens is 2. The number of hydrogen-bond donors (Lipinski definition) is 0. The van der Waals surface area contributed by atoms with E-state index >= 15 is 0 Å². The molecule has 4 nitrogen and oxygen atoms in total. The van der Waals surface area contributed by atoms with Gasteiger partial charge < -0.3 is 17.3 Å². The van der Waals surface area contributed by atoms with E-state index in [1.54, 1.807) is 7.11 Å². The zero-order chi connectivity index (χ0) is 28.5. The van der Waals surface area contributed by atoms with Crippen molar-refractivity contribution in [2.45, 2.75) is 124 Å². The van der Waals surface area contributed by atoms with Crippen molar-refractivity contribution in [3.63, 3.8) is 0 Å². The SMILES string of the molecule is CCO[Si](C)(Cl)CCCN([Si](C)(C)C)[Si](C)(C)C.CO[Si](C)(Cl)CCCN([Si](C)(C)C)[Si](C)(C)C. The van der Waals surface area contributed by atoms with Gasteiger partial charge in [-0.25, -0.2) is 0 Å². The smallest absolute Gasteiger partial charge is 0.287 e. The Hall–Kier alpha value is 1.72. The molecule has 0 bridgehead atoms. The molecule has 0 aromatic rings. The van der Waals surface area contributed by atoms with Gasteiger partial charge in [-0.3, -0.25) is 0 Å². The Balaban J connectivity index is 0. The average molecular weight is 638 g/mol. The van der Waals surface area contributed by atoms with Crippen LogP contribution in [-0.2, 0) is 8.85 Å². The van der Waals surface area contributed by atoms with Crippen molar-refractivity contribution >= 4 is 70.4 Å². The Morgan fingerprint density at radius 2 is 0.829 bits per heavy atom. The summed E-state index contributed by atoms with van der Waals surface area (Å²) in [5.41, 5.74) is 0. The van der Waals surface area contributed by atoms with Crippen LogP contribution < -0.4 is 0 Å². The second kappa shape index (κ2) is 15.5. The highest BCUT2D eigenvalue weighted by Crippen LogP contribution is 2.25. The molecule has 0 saturated heterocycles. The van der Waals surface area contributed by atoms with E-state index in [1.807, 2.05) is 6.92 Å². The van der Waals surface area contributed by atoms with E-state index in [4.69, 9.17) is 31.0 Å². The van der Waals surface area contributed by atoms with Crippen LogP contribution in [0, 0.1) is 0 Å². The average Bonchev–Trinajstić information content (AvgIpc) is 2.58. The molecule has 0 rings (SSSR count). The molecule has 0 saturated carbocycles. The fraction of sp³-hybridized carbons (Fsp3) is 1.00. The van der Waals surface area contributed by atoms with Crippen LogP contribution in [0.25, 0.3) is 0 Å². The van der Waals surface area contributed by atoms with Crippen molar-refractivity contribution in [2.75, 3.05) is 26.8 Å². The molecule has 0 radical (unpaired) electrons. The summed E-state index contributed by atoms with van der Waals surface area (Å²) in [6.07, 6.45) is 2.36. The molecule has 0 N–H and O–H groups in total. The maximum absolute atomic E-state index is 6.47. The quantitative estimate of drug-likeness (QED) is 0.132. The first-order valence-electron chi connectivity index (χ1n) is 13.4. The Morgan fingerprint density at radius 3 is 1.06 bits per heavy atom. The molecule has 2 unspecified atom stereocenters. The lowest BCUT2D eigenvalue weighted by Gasteiger charge is -2.44.